The summed E-state index contributed by atoms with van der Waals surface area (Å²) >= 11 is 11.8. The van der Waals surface area contributed by atoms with Crippen molar-refractivity contribution < 1.29 is 43.8 Å². The SMILES string of the molecule is CCO.CO.COc1ccccc1-c1n[nH]c(=S)n1N.COc1ccccc1-c1nnc2n1N=C(c1ccc(C)c(N)c1)CS2.COc1ccccc1-c1nnc2n1N=C(c1ccc(C)c(N)c1)CS2.COc1ccccc1-c1nnc2n1N=C(c1ccc(C)c([N+](=O)[O-])c1)CS2.Cc1ccc(C(=O)CBr)cc1[N+](=O)[O-].Cl.[Cl][Sn][Cl]. The van der Waals surface area contributed by atoms with E-state index in [-0.39, 0.29) is 46.4 Å². The molecule has 0 amide bonds. The van der Waals surface area contributed by atoms with Crippen molar-refractivity contribution in [3.8, 4) is 68.5 Å². The molecule has 0 bridgehead atoms. The molecule has 0 saturated heterocycles. The van der Waals surface area contributed by atoms with Gasteiger partial charge in [-0.2, -0.15) is 34.4 Å². The molecule has 0 spiro atoms. The fourth-order valence-electron chi connectivity index (χ4n) is 10.6. The van der Waals surface area contributed by atoms with Gasteiger partial charge in [0.15, 0.2) is 29.1 Å². The molecule has 2 radical (unpaired) electrons. The molecular weight excluding hydrogens is 1790 g/mol. The maximum absolute atomic E-state index is 11.2. The van der Waals surface area contributed by atoms with Crippen LogP contribution in [0.1, 0.15) is 56.2 Å². The Labute approximate surface area is 711 Å². The fraction of sp³-hybridized carbons (Fsp3) is 0.200. The summed E-state index contributed by atoms with van der Waals surface area (Å²) in [5.74, 6) is 12.9. The molecule has 12 aromatic rings. The quantitative estimate of drug-likeness (QED) is 0.00811. The molecule has 40 heteroatoms. The summed E-state index contributed by atoms with van der Waals surface area (Å²) in [5.41, 5.74) is 26.0. The Morgan fingerprint density at radius 3 is 1.15 bits per heavy atom. The number of benzene rings is 8. The molecule has 3 aliphatic rings. The summed E-state index contributed by atoms with van der Waals surface area (Å²) in [6, 6.07) is 52.1. The fourth-order valence-corrected chi connectivity index (χ4v) is 13.6. The van der Waals surface area contributed by atoms with Crippen LogP contribution in [-0.4, -0.2) is 186 Å². The second-order valence-electron chi connectivity index (χ2n) is 23.5. The number of alkyl halides is 1. The molecule has 0 unspecified atom stereocenters. The first kappa shape index (κ1) is 91.9. The van der Waals surface area contributed by atoms with Crippen LogP contribution < -0.4 is 36.3 Å². The standard InChI is InChI=1S/C18H15N5O3S.2C18H17N5OS.C9H8BrNO3.C9H10N4OS.C2H6O.CH4O.3ClH.Sn/c1-11-7-8-12(9-15(11)23(24)25)14-10-27-18-20-19-17(22(18)21-14)13-5-3-4-6-16(13)26-2;2*1-11-7-8-12(9-14(11)19)15-10-25-18-21-20-17(23(18)22-15)13-5-3-4-6-16(13)24-2;1-6-2-3-7(9(12)5-10)4-8(6)11(13)14;1-14-7-5-3-2-4-6(7)8-11-12-9(15)13(8)10;1-2-3;1-2;;;;/h3-9H,10H2,1-2H3;2*3-9H,10,19H2,1-2H3;2-4H,5H2,1H3;2-5H,10H2,1H3,(H,12,15);3H,2H2,1H3;2H,1H3;3*1H;/q;;;;;;;;;;+2/p-2. The Hall–Kier alpha value is -10.3. The Balaban J connectivity index is 0.000000198. The Kier molecular flexibility index (Phi) is 36.1. The number of nitrogens with zero attached hydrogens (tertiary/aromatic N) is 16. The van der Waals surface area contributed by atoms with Crippen molar-refractivity contribution >= 4 is 158 Å². The number of aromatic amines is 1. The summed E-state index contributed by atoms with van der Waals surface area (Å²) in [6.07, 6.45) is 0. The Bertz CT molecular complexity index is 5380. The zero-order valence-corrected chi connectivity index (χ0v) is 73.4. The summed E-state index contributed by atoms with van der Waals surface area (Å²) < 4.78 is 28.4. The summed E-state index contributed by atoms with van der Waals surface area (Å²) in [5, 5.41) is 85.2. The predicted molar refractivity (Wildman–Crippen MR) is 464 cm³/mol. The van der Waals surface area contributed by atoms with Crippen LogP contribution in [0.25, 0.3) is 45.6 Å². The molecule has 4 aromatic heterocycles. The van der Waals surface area contributed by atoms with Crippen LogP contribution >= 0.6 is 93.7 Å². The number of H-pyrrole nitrogens is 1. The van der Waals surface area contributed by atoms with Gasteiger partial charge in [0.05, 0.1) is 83.0 Å². The van der Waals surface area contributed by atoms with Crippen molar-refractivity contribution in [3.05, 3.63) is 239 Å². The zero-order valence-electron chi connectivity index (χ0n) is 63.3. The number of halogens is 4. The average molecular weight is 1870 g/mol. The minimum atomic E-state index is -0.826. The van der Waals surface area contributed by atoms with Crippen molar-refractivity contribution in [2.75, 3.05) is 82.1 Å². The van der Waals surface area contributed by atoms with E-state index in [1.807, 2.05) is 153 Å². The van der Waals surface area contributed by atoms with Gasteiger partial charge in [-0.1, -0.05) is 148 Å². The first-order valence-corrected chi connectivity index (χ1v) is 45.6. The third-order valence-corrected chi connectivity index (χ3v) is 20.0. The van der Waals surface area contributed by atoms with Gasteiger partial charge in [-0.15, -0.1) is 43.0 Å². The number of para-hydroxylation sites is 4. The number of aromatic nitrogens is 12. The number of aliphatic hydroxyl groups excluding tert-OH is 2. The molecule has 9 N–H and O–H groups in total. The molecule has 3 aliphatic heterocycles. The molecule has 31 nitrogen and oxygen atoms in total. The number of thioether (sulfide) groups is 3. The van der Waals surface area contributed by atoms with Gasteiger partial charge in [0.2, 0.25) is 20.2 Å². The number of aryl methyl sites for hydroxylation is 4. The van der Waals surface area contributed by atoms with Gasteiger partial charge >= 0.3 is 36.7 Å². The number of hydrogen-bond acceptors (Lipinski definition) is 28. The Morgan fingerprint density at radius 1 is 0.539 bits per heavy atom. The van der Waals surface area contributed by atoms with Crippen LogP contribution in [-0.2, 0) is 0 Å². The third-order valence-electron chi connectivity index (χ3n) is 16.4. The number of hydrogen-bond donors (Lipinski definition) is 6. The topological polar surface area (TPSA) is 422 Å². The number of Topliss-reactive ketones (excluding diaryl/α,β-unsaturated/α-hetero) is 1. The van der Waals surface area contributed by atoms with Crippen molar-refractivity contribution in [2.24, 2.45) is 15.3 Å². The van der Waals surface area contributed by atoms with Crippen LogP contribution in [0.3, 0.4) is 0 Å². The van der Waals surface area contributed by atoms with Crippen molar-refractivity contribution in [1.82, 2.24) is 59.5 Å². The zero-order chi connectivity index (χ0) is 82.7. The number of nitrogens with two attached hydrogens (primary N) is 3. The van der Waals surface area contributed by atoms with Crippen LogP contribution in [0.5, 0.6) is 23.0 Å². The number of ketones is 1. The molecular formula is C75H78BrCl3N20O11S4Sn. The van der Waals surface area contributed by atoms with Crippen molar-refractivity contribution in [2.45, 2.75) is 50.1 Å². The van der Waals surface area contributed by atoms with Gasteiger partial charge in [-0.05, 0) is 119 Å². The summed E-state index contributed by atoms with van der Waals surface area (Å²) in [7, 11) is 17.4. The van der Waals surface area contributed by atoms with E-state index in [4.69, 9.17) is 86.7 Å². The van der Waals surface area contributed by atoms with Crippen molar-refractivity contribution in [3.63, 3.8) is 0 Å². The number of rotatable bonds is 15. The Morgan fingerprint density at radius 2 is 0.843 bits per heavy atom. The summed E-state index contributed by atoms with van der Waals surface area (Å²) in [4.78, 5) is 32.2. The molecule has 0 atom stereocenters. The van der Waals surface area contributed by atoms with Gasteiger partial charge < -0.3 is 46.5 Å². The normalized spacial score (nSPS) is 11.7. The number of aliphatic hydroxyl groups is 2. The van der Waals surface area contributed by atoms with E-state index in [2.05, 4.69) is 61.8 Å². The number of carbonyl (C=O) groups is 1. The van der Waals surface area contributed by atoms with Gasteiger partial charge in [0.1, 0.15) is 23.0 Å². The van der Waals surface area contributed by atoms with Gasteiger partial charge in [-0.25, -0.2) is 9.77 Å². The van der Waals surface area contributed by atoms with Crippen LogP contribution in [0.4, 0.5) is 22.7 Å². The van der Waals surface area contributed by atoms with Gasteiger partial charge in [0.25, 0.3) is 11.4 Å². The van der Waals surface area contributed by atoms with E-state index in [9.17, 15) is 25.0 Å². The number of carbonyl (C=O) groups excluding carboxylic acids is 1. The van der Waals surface area contributed by atoms with Crippen LogP contribution in [0, 0.1) is 52.7 Å². The number of nitro benzene ring substituents is 2. The van der Waals surface area contributed by atoms with E-state index in [1.54, 1.807) is 111 Å². The molecule has 600 valence electrons. The third kappa shape index (κ3) is 23.3. The molecule has 0 aliphatic carbocycles. The molecule has 8 aromatic carbocycles. The monoisotopic (exact) mass is 1870 g/mol. The number of ether oxygens (including phenoxy) is 4. The number of nitro groups is 2. The van der Waals surface area contributed by atoms with Crippen LogP contribution in [0.15, 0.2) is 201 Å². The second kappa shape index (κ2) is 45.1. The molecule has 7 heterocycles. The van der Waals surface area contributed by atoms with E-state index in [0.29, 0.717) is 72.7 Å². The first-order chi connectivity index (χ1) is 55.0. The first-order valence-electron chi connectivity index (χ1n) is 33.8. The van der Waals surface area contributed by atoms with E-state index >= 15 is 0 Å². The number of fused-ring (bicyclic) bond motifs is 3. The summed E-state index contributed by atoms with van der Waals surface area (Å²) in [6.45, 7) is 9.28. The van der Waals surface area contributed by atoms with E-state index in [1.165, 1.54) is 22.5 Å². The number of nitrogen functional groups attached to an aromatic ring is 3. The van der Waals surface area contributed by atoms with Gasteiger partial charge in [-0.3, -0.25) is 25.0 Å². The average Bonchev–Trinajstić information content (AvgIpc) is 1.65. The van der Waals surface area contributed by atoms with Crippen molar-refractivity contribution in [1.29, 1.82) is 0 Å². The molecule has 15 rings (SSSR count). The molecule has 0 saturated carbocycles. The van der Waals surface area contributed by atoms with E-state index in [0.717, 1.165) is 113 Å². The van der Waals surface area contributed by atoms with Gasteiger partial charge in [0, 0.05) is 87.9 Å². The van der Waals surface area contributed by atoms with E-state index < -0.39 is 23.8 Å². The minimum absolute atomic E-state index is 0. The predicted octanol–water partition coefficient (Wildman–Crippen LogP) is 14.8. The molecule has 0 fully saturated rings. The number of anilines is 2. The number of methoxy groups -OCH3 is 4. The number of nitrogens with one attached hydrogen (secondary N) is 1. The van der Waals surface area contributed by atoms with Crippen LogP contribution in [0.2, 0.25) is 0 Å². The maximum atomic E-state index is 11.2. The second-order valence-corrected chi connectivity index (χ2v) is 31.5. The molecule has 115 heavy (non-hydrogen) atoms.